The van der Waals surface area contributed by atoms with Gasteiger partial charge in [-0.15, -0.1) is 0 Å². The molecule has 1 aromatic carbocycles. The average molecular weight is 357 g/mol. The Morgan fingerprint density at radius 3 is 2.73 bits per heavy atom. The largest absolute Gasteiger partial charge is 0.389 e. The maximum atomic E-state index is 11.5. The second-order valence-electron chi connectivity index (χ2n) is 8.35. The van der Waals surface area contributed by atoms with E-state index in [4.69, 9.17) is 11.1 Å². The summed E-state index contributed by atoms with van der Waals surface area (Å²) in [7, 11) is 0. The summed E-state index contributed by atoms with van der Waals surface area (Å²) in [6, 6.07) is 10.6. The number of hydrogen-bond donors (Lipinski definition) is 5. The Morgan fingerprint density at radius 2 is 2.04 bits per heavy atom. The molecule has 26 heavy (non-hydrogen) atoms. The third-order valence-electron chi connectivity index (χ3n) is 6.69. The quantitative estimate of drug-likeness (QED) is 0.243. The third-order valence-corrected chi connectivity index (χ3v) is 6.69. The van der Waals surface area contributed by atoms with E-state index in [1.807, 2.05) is 0 Å². The molecule has 2 aliphatic carbocycles. The van der Waals surface area contributed by atoms with Crippen molar-refractivity contribution in [2.45, 2.75) is 57.5 Å². The number of fused-ring (bicyclic) bond motifs is 1. The summed E-state index contributed by atoms with van der Waals surface area (Å²) >= 11 is 0. The Labute approximate surface area is 156 Å². The van der Waals surface area contributed by atoms with Crippen LogP contribution in [0.1, 0.15) is 57.4 Å². The zero-order valence-electron chi connectivity index (χ0n) is 15.9. The summed E-state index contributed by atoms with van der Waals surface area (Å²) < 4.78 is 0. The van der Waals surface area contributed by atoms with Gasteiger partial charge in [-0.05, 0) is 56.4 Å². The molecule has 2 saturated carbocycles. The van der Waals surface area contributed by atoms with E-state index >= 15 is 0 Å². The molecule has 142 valence electrons. The Hall–Kier alpha value is -1.85. The molecule has 5 nitrogen and oxygen atoms in total. The van der Waals surface area contributed by atoms with Crippen molar-refractivity contribution in [1.29, 1.82) is 5.41 Å². The maximum absolute atomic E-state index is 11.5. The predicted molar refractivity (Wildman–Crippen MR) is 106 cm³/mol. The van der Waals surface area contributed by atoms with Crippen LogP contribution in [0.3, 0.4) is 0 Å². The topological polar surface area (TPSA) is 94.2 Å². The molecule has 0 saturated heterocycles. The molecule has 2 aliphatic rings. The first-order valence-corrected chi connectivity index (χ1v) is 9.61. The average Bonchev–Trinajstić information content (AvgIpc) is 2.86. The van der Waals surface area contributed by atoms with Gasteiger partial charge in [0.2, 0.25) is 0 Å². The van der Waals surface area contributed by atoms with Crippen LogP contribution in [0.25, 0.3) is 0 Å². The van der Waals surface area contributed by atoms with E-state index in [-0.39, 0.29) is 11.4 Å². The molecule has 4 atom stereocenters. The molecule has 3 rings (SSSR count). The minimum atomic E-state index is -0.585. The highest BCUT2D eigenvalue weighted by Gasteiger charge is 2.58. The number of rotatable bonds is 5. The first-order valence-electron chi connectivity index (χ1n) is 9.61. The molecule has 0 radical (unpaired) electrons. The van der Waals surface area contributed by atoms with E-state index in [9.17, 15) is 5.11 Å². The zero-order chi connectivity index (χ0) is 18.8. The summed E-state index contributed by atoms with van der Waals surface area (Å²) in [4.78, 5) is 0. The lowest BCUT2D eigenvalue weighted by molar-refractivity contribution is -0.0985. The standard InChI is InChI=1S/C21H32N4O/c1-15(14-24-25-19(22)23)12-18-9-11-21(26)13-17(8-10-20(18,21)2)16-6-4-3-5-7-16/h3-7,12,17-18,24,26H,8-11,13-14H2,1-2H3,(H4,22,23,25)/t17-,18+,20+,21-/m0/s1. The highest BCUT2D eigenvalue weighted by atomic mass is 16.3. The van der Waals surface area contributed by atoms with Crippen LogP contribution < -0.4 is 16.6 Å². The lowest BCUT2D eigenvalue weighted by Gasteiger charge is -2.49. The Kier molecular flexibility index (Phi) is 5.39. The molecule has 0 aromatic heterocycles. The van der Waals surface area contributed by atoms with Crippen LogP contribution in [0.2, 0.25) is 0 Å². The maximum Gasteiger partial charge on any atom is 0.200 e. The molecule has 0 heterocycles. The van der Waals surface area contributed by atoms with Gasteiger partial charge < -0.3 is 10.8 Å². The van der Waals surface area contributed by atoms with Gasteiger partial charge in [-0.1, -0.05) is 48.9 Å². The molecule has 0 unspecified atom stereocenters. The van der Waals surface area contributed by atoms with Crippen LogP contribution in [0.5, 0.6) is 0 Å². The normalized spacial score (nSPS) is 34.3. The highest BCUT2D eigenvalue weighted by Crippen LogP contribution is 2.61. The van der Waals surface area contributed by atoms with E-state index in [0.717, 1.165) is 32.1 Å². The number of aliphatic hydroxyl groups is 1. The Balaban J connectivity index is 1.69. The van der Waals surface area contributed by atoms with Gasteiger partial charge in [0.05, 0.1) is 5.60 Å². The molecular weight excluding hydrogens is 324 g/mol. The number of hydrazine groups is 1. The van der Waals surface area contributed by atoms with Crippen molar-refractivity contribution in [3.05, 3.63) is 47.5 Å². The molecule has 0 aliphatic heterocycles. The van der Waals surface area contributed by atoms with Crippen molar-refractivity contribution in [2.75, 3.05) is 6.54 Å². The monoisotopic (exact) mass is 356 g/mol. The predicted octanol–water partition coefficient (Wildman–Crippen LogP) is 3.04. The van der Waals surface area contributed by atoms with Crippen molar-refractivity contribution >= 4 is 5.96 Å². The van der Waals surface area contributed by atoms with Crippen LogP contribution in [0.4, 0.5) is 0 Å². The van der Waals surface area contributed by atoms with Crippen LogP contribution >= 0.6 is 0 Å². The van der Waals surface area contributed by atoms with E-state index < -0.39 is 5.60 Å². The minimum absolute atomic E-state index is 0.0620. The number of allylic oxidation sites excluding steroid dienone is 1. The number of hydrogen-bond acceptors (Lipinski definition) is 3. The van der Waals surface area contributed by atoms with Crippen molar-refractivity contribution < 1.29 is 5.11 Å². The third kappa shape index (κ3) is 3.64. The van der Waals surface area contributed by atoms with Gasteiger partial charge in [0.25, 0.3) is 0 Å². The molecule has 0 bridgehead atoms. The number of benzene rings is 1. The second kappa shape index (κ2) is 7.41. The fourth-order valence-electron chi connectivity index (χ4n) is 5.04. The smallest absolute Gasteiger partial charge is 0.200 e. The molecule has 1 aromatic rings. The van der Waals surface area contributed by atoms with E-state index in [1.54, 1.807) is 0 Å². The van der Waals surface area contributed by atoms with Crippen molar-refractivity contribution in [3.63, 3.8) is 0 Å². The SMILES string of the molecule is CC(=C[C@H]1CC[C@]2(O)C[C@@H](c3ccccc3)CC[C@]12C)CNNC(=N)N. The number of nitrogens with two attached hydrogens (primary N) is 1. The fourth-order valence-corrected chi connectivity index (χ4v) is 5.04. The lowest BCUT2D eigenvalue weighted by Crippen LogP contribution is -2.49. The summed E-state index contributed by atoms with van der Waals surface area (Å²) in [5.74, 6) is 0.766. The van der Waals surface area contributed by atoms with Crippen molar-refractivity contribution in [2.24, 2.45) is 17.1 Å². The molecule has 6 N–H and O–H groups in total. The zero-order valence-corrected chi connectivity index (χ0v) is 15.9. The Bertz CT molecular complexity index is 674. The van der Waals surface area contributed by atoms with Crippen LogP contribution in [-0.2, 0) is 0 Å². The van der Waals surface area contributed by atoms with Crippen LogP contribution in [0, 0.1) is 16.7 Å². The summed E-state index contributed by atoms with van der Waals surface area (Å²) in [6.07, 6.45) is 7.27. The van der Waals surface area contributed by atoms with Gasteiger partial charge in [-0.3, -0.25) is 10.8 Å². The summed E-state index contributed by atoms with van der Waals surface area (Å²) in [6.45, 7) is 5.00. The fraction of sp³-hybridized carbons (Fsp3) is 0.571. The Morgan fingerprint density at radius 1 is 1.31 bits per heavy atom. The number of guanidine groups is 1. The summed E-state index contributed by atoms with van der Waals surface area (Å²) in [5, 5.41) is 18.7. The van der Waals surface area contributed by atoms with Crippen molar-refractivity contribution in [1.82, 2.24) is 10.9 Å². The second-order valence-corrected chi connectivity index (χ2v) is 8.35. The van der Waals surface area contributed by atoms with E-state index in [0.29, 0.717) is 18.4 Å². The minimum Gasteiger partial charge on any atom is -0.389 e. The summed E-state index contributed by atoms with van der Waals surface area (Å²) in [5.41, 5.74) is 12.8. The molecule has 2 fully saturated rings. The molecule has 0 amide bonds. The lowest BCUT2D eigenvalue weighted by atomic mass is 9.59. The van der Waals surface area contributed by atoms with Gasteiger partial charge in [0, 0.05) is 12.0 Å². The van der Waals surface area contributed by atoms with Gasteiger partial charge >= 0.3 is 0 Å². The van der Waals surface area contributed by atoms with Gasteiger partial charge in [0.15, 0.2) is 5.96 Å². The first-order chi connectivity index (χ1) is 12.3. The number of nitrogens with one attached hydrogen (secondary N) is 3. The van der Waals surface area contributed by atoms with Crippen molar-refractivity contribution in [3.8, 4) is 0 Å². The van der Waals surface area contributed by atoms with Gasteiger partial charge in [-0.2, -0.15) is 0 Å². The van der Waals surface area contributed by atoms with Gasteiger partial charge in [0.1, 0.15) is 0 Å². The molecular formula is C21H32N4O. The molecule has 0 spiro atoms. The van der Waals surface area contributed by atoms with E-state index in [1.165, 1.54) is 11.1 Å². The van der Waals surface area contributed by atoms with Crippen LogP contribution in [-0.4, -0.2) is 23.2 Å². The van der Waals surface area contributed by atoms with Crippen LogP contribution in [0.15, 0.2) is 42.0 Å². The highest BCUT2D eigenvalue weighted by molar-refractivity contribution is 5.73. The van der Waals surface area contributed by atoms with Gasteiger partial charge in [-0.25, -0.2) is 5.43 Å². The van der Waals surface area contributed by atoms with E-state index in [2.05, 4.69) is 61.1 Å². The first kappa shape index (κ1) is 18.9. The molecule has 5 heteroatoms.